The number of aliphatic imine (C=N–C) groups is 2. The minimum atomic E-state index is -0.863. The van der Waals surface area contributed by atoms with E-state index in [1.807, 2.05) is 4.90 Å². The standard InChI is InChI=1S/C28H31N7O9S/c36-26(25-14-24(45)15-33(25)19-30-28(38)44-17-21-4-8-23(9-5-21)35(41)42)32-11-1-10-31(12-13-32)18-29-27(37)43-16-20-2-6-22(7-3-20)34(39)40/h2-9,18-19,24-25,45H,1,10-17H2/t24-,25-/m0/s1. The van der Waals surface area contributed by atoms with Crippen molar-refractivity contribution in [2.24, 2.45) is 9.98 Å². The summed E-state index contributed by atoms with van der Waals surface area (Å²) in [5.74, 6) is -0.126. The molecule has 16 nitrogen and oxygen atoms in total. The Morgan fingerprint density at radius 1 is 0.822 bits per heavy atom. The van der Waals surface area contributed by atoms with Crippen LogP contribution in [0.25, 0.3) is 0 Å². The first-order chi connectivity index (χ1) is 21.6. The predicted octanol–water partition coefficient (Wildman–Crippen LogP) is 3.44. The molecular formula is C28H31N7O9S. The minimum absolute atomic E-state index is 0.0607. The first-order valence-corrected chi connectivity index (χ1v) is 14.5. The molecule has 2 aliphatic heterocycles. The maximum Gasteiger partial charge on any atom is 0.435 e. The lowest BCUT2D eigenvalue weighted by Crippen LogP contribution is -2.46. The average Bonchev–Trinajstić information content (AvgIpc) is 3.24. The molecule has 2 heterocycles. The molecule has 2 saturated heterocycles. The van der Waals surface area contributed by atoms with Crippen LogP contribution in [0.3, 0.4) is 0 Å². The molecular weight excluding hydrogens is 610 g/mol. The average molecular weight is 642 g/mol. The van der Waals surface area contributed by atoms with Crippen LogP contribution < -0.4 is 0 Å². The van der Waals surface area contributed by atoms with Gasteiger partial charge in [-0.3, -0.25) is 25.0 Å². The van der Waals surface area contributed by atoms with Gasteiger partial charge in [-0.25, -0.2) is 9.59 Å². The fraction of sp³-hybridized carbons (Fsp3) is 0.393. The Bertz CT molecular complexity index is 1450. The number of nitro groups is 2. The molecule has 0 bridgehead atoms. The summed E-state index contributed by atoms with van der Waals surface area (Å²) in [6.45, 7) is 2.09. The first kappa shape index (κ1) is 32.8. The molecule has 2 fully saturated rings. The largest absolute Gasteiger partial charge is 0.443 e. The van der Waals surface area contributed by atoms with Gasteiger partial charge >= 0.3 is 12.2 Å². The van der Waals surface area contributed by atoms with Crippen molar-refractivity contribution >= 4 is 54.8 Å². The van der Waals surface area contributed by atoms with Crippen molar-refractivity contribution in [3.63, 3.8) is 0 Å². The summed E-state index contributed by atoms with van der Waals surface area (Å²) >= 11 is 4.53. The quantitative estimate of drug-likeness (QED) is 0.139. The molecule has 0 radical (unpaired) electrons. The van der Waals surface area contributed by atoms with Crippen LogP contribution >= 0.6 is 12.6 Å². The molecule has 17 heteroatoms. The lowest BCUT2D eigenvalue weighted by atomic mass is 10.2. The van der Waals surface area contributed by atoms with Crippen LogP contribution in [0.4, 0.5) is 21.0 Å². The Hall–Kier alpha value is -5.06. The summed E-state index contributed by atoms with van der Waals surface area (Å²) in [5.41, 5.74) is 1.02. The van der Waals surface area contributed by atoms with Gasteiger partial charge in [0.1, 0.15) is 19.3 Å². The highest BCUT2D eigenvalue weighted by Crippen LogP contribution is 2.23. The highest BCUT2D eigenvalue weighted by molar-refractivity contribution is 7.81. The zero-order valence-electron chi connectivity index (χ0n) is 24.0. The summed E-state index contributed by atoms with van der Waals surface area (Å²) < 4.78 is 10.2. The van der Waals surface area contributed by atoms with Gasteiger partial charge in [0.15, 0.2) is 0 Å². The Labute approximate surface area is 263 Å². The fourth-order valence-electron chi connectivity index (χ4n) is 4.74. The van der Waals surface area contributed by atoms with E-state index in [1.165, 1.54) is 61.2 Å². The van der Waals surface area contributed by atoms with Gasteiger partial charge in [-0.05, 0) is 48.2 Å². The molecule has 3 amide bonds. The summed E-state index contributed by atoms with van der Waals surface area (Å²) in [5, 5.41) is 21.4. The van der Waals surface area contributed by atoms with Crippen LogP contribution in [0.1, 0.15) is 24.0 Å². The number of non-ortho nitro benzene ring substituents is 2. The van der Waals surface area contributed by atoms with Gasteiger partial charge in [-0.2, -0.15) is 22.6 Å². The fourth-order valence-corrected chi connectivity index (χ4v) is 5.12. The van der Waals surface area contributed by atoms with Gasteiger partial charge in [0.25, 0.3) is 11.4 Å². The molecule has 0 aromatic heterocycles. The van der Waals surface area contributed by atoms with Crippen molar-refractivity contribution in [2.75, 3.05) is 32.7 Å². The number of hydrogen-bond donors (Lipinski definition) is 1. The Morgan fingerprint density at radius 3 is 1.89 bits per heavy atom. The van der Waals surface area contributed by atoms with Gasteiger partial charge < -0.3 is 24.2 Å². The smallest absolute Gasteiger partial charge is 0.435 e. The van der Waals surface area contributed by atoms with Crippen molar-refractivity contribution in [3.8, 4) is 0 Å². The monoisotopic (exact) mass is 641 g/mol. The summed E-state index contributed by atoms with van der Waals surface area (Å²) in [6, 6.07) is 10.7. The number of carbonyl (C=O) groups excluding carboxylic acids is 3. The Morgan fingerprint density at radius 2 is 1.36 bits per heavy atom. The van der Waals surface area contributed by atoms with E-state index in [4.69, 9.17) is 9.47 Å². The number of nitro benzene ring substituents is 2. The second kappa shape index (κ2) is 15.6. The lowest BCUT2D eigenvalue weighted by molar-refractivity contribution is -0.385. The number of likely N-dealkylation sites (tertiary alicyclic amines) is 1. The molecule has 0 aliphatic carbocycles. The SMILES string of the molecule is O=C(N=CN1CCCN(C(=O)[C@@H]2C[C@H](S)CN2C=NC(=O)OCc2ccc([N+](=O)[O-])cc2)CC1)OCc1ccc([N+](=O)[O-])cc1. The van der Waals surface area contributed by atoms with E-state index in [0.29, 0.717) is 56.7 Å². The molecule has 45 heavy (non-hydrogen) atoms. The van der Waals surface area contributed by atoms with E-state index in [-0.39, 0.29) is 35.7 Å². The number of amides is 3. The van der Waals surface area contributed by atoms with Crippen molar-refractivity contribution < 1.29 is 33.7 Å². The molecule has 2 aliphatic rings. The number of ether oxygens (including phenoxy) is 2. The van der Waals surface area contributed by atoms with E-state index >= 15 is 0 Å². The van der Waals surface area contributed by atoms with Crippen molar-refractivity contribution in [1.29, 1.82) is 0 Å². The number of carbonyl (C=O) groups is 3. The van der Waals surface area contributed by atoms with E-state index < -0.39 is 28.1 Å². The molecule has 0 unspecified atom stereocenters. The topological polar surface area (TPSA) is 190 Å². The molecule has 0 spiro atoms. The number of nitrogens with zero attached hydrogens (tertiary/aromatic N) is 7. The summed E-state index contributed by atoms with van der Waals surface area (Å²) in [7, 11) is 0. The molecule has 2 aromatic carbocycles. The highest BCUT2D eigenvalue weighted by Gasteiger charge is 2.37. The third kappa shape index (κ3) is 9.72. The minimum Gasteiger partial charge on any atom is -0.443 e. The van der Waals surface area contributed by atoms with Crippen LogP contribution in [0.5, 0.6) is 0 Å². The van der Waals surface area contributed by atoms with Gasteiger partial charge in [-0.15, -0.1) is 0 Å². The summed E-state index contributed by atoms with van der Waals surface area (Å²) in [4.78, 5) is 71.1. The number of benzene rings is 2. The lowest BCUT2D eigenvalue weighted by Gasteiger charge is -2.28. The second-order valence-electron chi connectivity index (χ2n) is 10.3. The van der Waals surface area contributed by atoms with E-state index in [2.05, 4.69) is 22.6 Å². The highest BCUT2D eigenvalue weighted by atomic mass is 32.1. The number of rotatable bonds is 9. The molecule has 238 valence electrons. The van der Waals surface area contributed by atoms with E-state index in [9.17, 15) is 34.6 Å². The Balaban J connectivity index is 1.23. The van der Waals surface area contributed by atoms with Crippen LogP contribution in [0.15, 0.2) is 58.5 Å². The van der Waals surface area contributed by atoms with Crippen LogP contribution in [0.2, 0.25) is 0 Å². The maximum absolute atomic E-state index is 13.5. The maximum atomic E-state index is 13.5. The molecule has 2 atom stereocenters. The van der Waals surface area contributed by atoms with Gasteiger partial charge in [-0.1, -0.05) is 0 Å². The summed E-state index contributed by atoms with van der Waals surface area (Å²) in [6.07, 6.45) is 2.10. The third-order valence-electron chi connectivity index (χ3n) is 7.10. The van der Waals surface area contributed by atoms with Gasteiger partial charge in [0.05, 0.1) is 22.5 Å². The van der Waals surface area contributed by atoms with Gasteiger partial charge in [0, 0.05) is 62.2 Å². The molecule has 2 aromatic rings. The Kier molecular flexibility index (Phi) is 11.4. The van der Waals surface area contributed by atoms with Crippen LogP contribution in [0, 0.1) is 20.2 Å². The second-order valence-corrected chi connectivity index (χ2v) is 11.0. The van der Waals surface area contributed by atoms with Crippen molar-refractivity contribution in [1.82, 2.24) is 14.7 Å². The van der Waals surface area contributed by atoms with Crippen LogP contribution in [-0.4, -0.2) is 99.3 Å². The predicted molar refractivity (Wildman–Crippen MR) is 164 cm³/mol. The zero-order valence-corrected chi connectivity index (χ0v) is 24.9. The number of thiol groups is 1. The van der Waals surface area contributed by atoms with E-state index in [1.54, 1.807) is 9.80 Å². The van der Waals surface area contributed by atoms with Gasteiger partial charge in [0.2, 0.25) is 5.91 Å². The normalized spacial score (nSPS) is 18.6. The molecule has 4 rings (SSSR count). The van der Waals surface area contributed by atoms with E-state index in [0.717, 1.165) is 0 Å². The first-order valence-electron chi connectivity index (χ1n) is 13.9. The van der Waals surface area contributed by atoms with Crippen molar-refractivity contribution in [3.05, 3.63) is 79.9 Å². The number of hydrogen-bond acceptors (Lipinski definition) is 10. The molecule has 0 N–H and O–H groups in total. The zero-order chi connectivity index (χ0) is 32.3. The molecule has 0 saturated carbocycles. The van der Waals surface area contributed by atoms with Crippen LogP contribution in [-0.2, 0) is 27.5 Å². The third-order valence-corrected chi connectivity index (χ3v) is 7.48. The van der Waals surface area contributed by atoms with Crippen molar-refractivity contribution in [2.45, 2.75) is 37.3 Å².